The summed E-state index contributed by atoms with van der Waals surface area (Å²) in [6, 6.07) is 21.7. The van der Waals surface area contributed by atoms with Crippen LogP contribution >= 0.6 is 0 Å². The molecule has 0 saturated heterocycles. The highest BCUT2D eigenvalue weighted by molar-refractivity contribution is 7.86. The lowest BCUT2D eigenvalue weighted by Gasteiger charge is -2.17. The average molecular weight is 525 g/mol. The smallest absolute Gasteiger partial charge is 0.306 e. The van der Waals surface area contributed by atoms with Gasteiger partial charge in [-0.25, -0.2) is 4.39 Å². The van der Waals surface area contributed by atoms with Crippen LogP contribution in [0.5, 0.6) is 28.7 Å². The van der Waals surface area contributed by atoms with Crippen molar-refractivity contribution in [1.82, 2.24) is 0 Å². The minimum Gasteiger partial charge on any atom is -0.505 e. The van der Waals surface area contributed by atoms with E-state index in [0.29, 0.717) is 33.8 Å². The highest BCUT2D eigenvalue weighted by atomic mass is 32.2. The van der Waals surface area contributed by atoms with E-state index in [1.807, 2.05) is 30.3 Å². The molecule has 0 atom stereocenters. The predicted octanol–water partition coefficient (Wildman–Crippen LogP) is 5.80. The number of hydrogen-bond donors (Lipinski definition) is 1. The molecule has 0 radical (unpaired) electrons. The summed E-state index contributed by atoms with van der Waals surface area (Å²) in [5.74, 6) is -0.124. The number of aromatic hydroxyl groups is 1. The van der Waals surface area contributed by atoms with E-state index in [4.69, 9.17) is 18.4 Å². The number of methoxy groups -OCH3 is 2. The summed E-state index contributed by atoms with van der Waals surface area (Å²) in [6.45, 7) is 0.218. The number of ether oxygens (including phenoxy) is 3. The van der Waals surface area contributed by atoms with E-state index in [-0.39, 0.29) is 18.1 Å². The summed E-state index contributed by atoms with van der Waals surface area (Å²) < 4.78 is 60.2. The molecular weight excluding hydrogens is 499 g/mol. The molecule has 0 heterocycles. The van der Waals surface area contributed by atoms with Crippen molar-refractivity contribution in [2.45, 2.75) is 6.61 Å². The van der Waals surface area contributed by atoms with Crippen molar-refractivity contribution in [3.05, 3.63) is 90.2 Å². The SMILES string of the molecule is COc1cc(-c2ccc(OCc3ccccc3)c(OS(C)(=O)=O)c2)c(OC)cc1-c1ccc(O)c(F)c1. The Labute approximate surface area is 214 Å². The van der Waals surface area contributed by atoms with Crippen molar-refractivity contribution in [2.75, 3.05) is 20.5 Å². The molecule has 0 fully saturated rings. The lowest BCUT2D eigenvalue weighted by Crippen LogP contribution is -2.08. The second-order valence-corrected chi connectivity index (χ2v) is 9.72. The van der Waals surface area contributed by atoms with Crippen molar-refractivity contribution in [2.24, 2.45) is 0 Å². The van der Waals surface area contributed by atoms with Crippen molar-refractivity contribution in [3.63, 3.8) is 0 Å². The molecule has 7 nitrogen and oxygen atoms in total. The third-order valence-corrected chi connectivity index (χ3v) is 6.00. The summed E-state index contributed by atoms with van der Waals surface area (Å²) in [5.41, 5.74) is 3.07. The molecular formula is C28H25FO7S. The van der Waals surface area contributed by atoms with Crippen LogP contribution in [0.2, 0.25) is 0 Å². The molecule has 4 aromatic carbocycles. The van der Waals surface area contributed by atoms with Gasteiger partial charge in [0.25, 0.3) is 0 Å². The van der Waals surface area contributed by atoms with Crippen molar-refractivity contribution in [1.29, 1.82) is 0 Å². The fourth-order valence-electron chi connectivity index (χ4n) is 3.78. The number of hydrogen-bond acceptors (Lipinski definition) is 7. The molecule has 192 valence electrons. The van der Waals surface area contributed by atoms with Gasteiger partial charge in [0.15, 0.2) is 23.1 Å². The number of halogens is 1. The molecule has 0 spiro atoms. The van der Waals surface area contributed by atoms with Gasteiger partial charge in [-0.1, -0.05) is 42.5 Å². The van der Waals surface area contributed by atoms with E-state index in [9.17, 15) is 17.9 Å². The minimum atomic E-state index is -3.85. The predicted molar refractivity (Wildman–Crippen MR) is 138 cm³/mol. The fraction of sp³-hybridized carbons (Fsp3) is 0.143. The fourth-order valence-corrected chi connectivity index (χ4v) is 4.24. The van der Waals surface area contributed by atoms with Crippen LogP contribution in [0, 0.1) is 5.82 Å². The molecule has 9 heteroatoms. The van der Waals surface area contributed by atoms with Gasteiger partial charge in [0.05, 0.1) is 20.5 Å². The van der Waals surface area contributed by atoms with Gasteiger partial charge >= 0.3 is 10.1 Å². The third-order valence-electron chi connectivity index (χ3n) is 5.51. The third kappa shape index (κ3) is 6.13. The first-order valence-electron chi connectivity index (χ1n) is 11.1. The molecule has 1 N–H and O–H groups in total. The Hall–Kier alpha value is -4.24. The van der Waals surface area contributed by atoms with Gasteiger partial charge in [0.2, 0.25) is 0 Å². The first kappa shape index (κ1) is 25.8. The molecule has 0 aliphatic rings. The Balaban J connectivity index is 1.77. The van der Waals surface area contributed by atoms with Crippen molar-refractivity contribution < 1.29 is 36.3 Å². The number of phenols is 1. The zero-order chi connectivity index (χ0) is 26.6. The summed E-state index contributed by atoms with van der Waals surface area (Å²) >= 11 is 0. The van der Waals surface area contributed by atoms with E-state index in [2.05, 4.69) is 0 Å². The maximum absolute atomic E-state index is 14.0. The number of phenolic OH excluding ortho intramolecular Hbond substituents is 1. The monoisotopic (exact) mass is 524 g/mol. The zero-order valence-electron chi connectivity index (χ0n) is 20.4. The molecule has 0 saturated carbocycles. The Morgan fingerprint density at radius 3 is 1.92 bits per heavy atom. The Morgan fingerprint density at radius 1 is 0.757 bits per heavy atom. The maximum Gasteiger partial charge on any atom is 0.306 e. The molecule has 4 aromatic rings. The summed E-state index contributed by atoms with van der Waals surface area (Å²) in [7, 11) is -0.892. The number of benzene rings is 4. The van der Waals surface area contributed by atoms with Crippen LogP contribution in [0.4, 0.5) is 4.39 Å². The second kappa shape index (κ2) is 10.8. The summed E-state index contributed by atoms with van der Waals surface area (Å²) in [6.07, 6.45) is 0.954. The van der Waals surface area contributed by atoms with Gasteiger partial charge in [-0.15, -0.1) is 0 Å². The van der Waals surface area contributed by atoms with Crippen LogP contribution in [-0.2, 0) is 16.7 Å². The number of rotatable bonds is 9. The van der Waals surface area contributed by atoms with Crippen LogP contribution in [0.25, 0.3) is 22.3 Å². The lowest BCUT2D eigenvalue weighted by molar-refractivity contribution is 0.296. The van der Waals surface area contributed by atoms with Gasteiger partial charge in [0, 0.05) is 11.1 Å². The van der Waals surface area contributed by atoms with Crippen LogP contribution < -0.4 is 18.4 Å². The highest BCUT2D eigenvalue weighted by Gasteiger charge is 2.19. The van der Waals surface area contributed by atoms with E-state index < -0.39 is 21.7 Å². The van der Waals surface area contributed by atoms with Gasteiger partial charge in [0.1, 0.15) is 18.1 Å². The maximum atomic E-state index is 14.0. The molecule has 0 aliphatic heterocycles. The normalized spacial score (nSPS) is 11.1. The molecule has 0 aromatic heterocycles. The van der Waals surface area contributed by atoms with Gasteiger partial charge < -0.3 is 23.5 Å². The van der Waals surface area contributed by atoms with Crippen molar-refractivity contribution >= 4 is 10.1 Å². The molecule has 4 rings (SSSR count). The van der Waals surface area contributed by atoms with Gasteiger partial charge in [-0.2, -0.15) is 8.42 Å². The van der Waals surface area contributed by atoms with Crippen LogP contribution in [0.1, 0.15) is 5.56 Å². The standard InChI is InChI=1S/C28H25FO7S/c1-33-26-16-22(27(34-2)15-21(26)19-9-11-24(30)23(29)13-19)20-10-12-25(28(14-20)36-37(3,31)32)35-17-18-7-5-4-6-8-18/h4-16,30H,17H2,1-3H3. The minimum absolute atomic E-state index is 0.0154. The Morgan fingerprint density at radius 2 is 1.35 bits per heavy atom. The molecule has 0 aliphatic carbocycles. The average Bonchev–Trinajstić information content (AvgIpc) is 2.88. The largest absolute Gasteiger partial charge is 0.505 e. The highest BCUT2D eigenvalue weighted by Crippen LogP contribution is 2.43. The zero-order valence-corrected chi connectivity index (χ0v) is 21.2. The summed E-state index contributed by atoms with van der Waals surface area (Å²) in [4.78, 5) is 0. The lowest BCUT2D eigenvalue weighted by atomic mass is 9.97. The molecule has 37 heavy (non-hydrogen) atoms. The topological polar surface area (TPSA) is 91.3 Å². The van der Waals surface area contributed by atoms with Gasteiger partial charge in [-0.05, 0) is 53.1 Å². The molecule has 0 amide bonds. The Bertz CT molecular complexity index is 1520. The van der Waals surface area contributed by atoms with Gasteiger partial charge in [-0.3, -0.25) is 0 Å². The van der Waals surface area contributed by atoms with E-state index in [0.717, 1.165) is 11.8 Å². The van der Waals surface area contributed by atoms with Crippen LogP contribution in [-0.4, -0.2) is 34.0 Å². The second-order valence-electron chi connectivity index (χ2n) is 8.14. The van der Waals surface area contributed by atoms with E-state index in [1.54, 1.807) is 36.4 Å². The first-order valence-corrected chi connectivity index (χ1v) is 13.0. The van der Waals surface area contributed by atoms with E-state index in [1.165, 1.54) is 26.4 Å². The Kier molecular flexibility index (Phi) is 7.54. The first-order chi connectivity index (χ1) is 17.7. The van der Waals surface area contributed by atoms with Crippen LogP contribution in [0.3, 0.4) is 0 Å². The van der Waals surface area contributed by atoms with E-state index >= 15 is 0 Å². The quantitative estimate of drug-likeness (QED) is 0.277. The molecule has 0 unspecified atom stereocenters. The van der Waals surface area contributed by atoms with Crippen LogP contribution in [0.15, 0.2) is 78.9 Å². The van der Waals surface area contributed by atoms with Crippen molar-refractivity contribution in [3.8, 4) is 51.0 Å². The molecule has 0 bridgehead atoms. The summed E-state index contributed by atoms with van der Waals surface area (Å²) in [5, 5.41) is 9.55.